The molecule has 0 saturated carbocycles. The van der Waals surface area contributed by atoms with Gasteiger partial charge in [-0.3, -0.25) is 4.98 Å². The number of hydrogen-bond acceptors (Lipinski definition) is 8. The molecule has 14 heteroatoms. The van der Waals surface area contributed by atoms with E-state index in [9.17, 15) is 23.2 Å². The Morgan fingerprint density at radius 1 is 1.08 bits per heavy atom. The molecule has 2 atom stereocenters. The van der Waals surface area contributed by atoms with Crippen molar-refractivity contribution in [2.45, 2.75) is 25.9 Å². The maximum atomic E-state index is 15.0. The van der Waals surface area contributed by atoms with Crippen LogP contribution < -0.4 is 16.0 Å². The largest absolute Gasteiger partial charge is 0.465 e. The molecule has 0 fully saturated rings. The maximum absolute atomic E-state index is 15.0. The molecule has 4 N–H and O–H groups in total. The third-order valence-electron chi connectivity index (χ3n) is 5.50. The molecule has 3 heterocycles. The lowest BCUT2D eigenvalue weighted by molar-refractivity contribution is 0.189. The standard InChI is InChI=1S/C24H20F3N9O2/c1-12-20(36-30-5-6-31-36)9-16(11-29-12)33-22-15(10-28)8-19(27)23(35-22)34-21(13(2)32-24(37)38)14-3-4-17(25)18(26)7-14/h3-9,11,13,21,32H,1-2H3,(H,37,38)(H2,33,34,35)/t13-,21-/m0/s1. The Balaban J connectivity index is 1.71. The first kappa shape index (κ1) is 25.9. The highest BCUT2D eigenvalue weighted by Gasteiger charge is 2.25. The van der Waals surface area contributed by atoms with E-state index in [0.29, 0.717) is 17.1 Å². The average molecular weight is 523 g/mol. The van der Waals surface area contributed by atoms with Crippen LogP contribution in [-0.4, -0.2) is 42.2 Å². The zero-order valence-corrected chi connectivity index (χ0v) is 19.9. The number of nitrogens with zero attached hydrogens (tertiary/aromatic N) is 6. The highest BCUT2D eigenvalue weighted by atomic mass is 19.2. The van der Waals surface area contributed by atoms with Gasteiger partial charge in [-0.05, 0) is 43.7 Å². The number of anilines is 3. The number of aryl methyl sites for hydroxylation is 1. The van der Waals surface area contributed by atoms with E-state index >= 15 is 0 Å². The minimum Gasteiger partial charge on any atom is -0.465 e. The lowest BCUT2D eigenvalue weighted by atomic mass is 10.00. The summed E-state index contributed by atoms with van der Waals surface area (Å²) in [6.45, 7) is 3.21. The van der Waals surface area contributed by atoms with Crippen LogP contribution in [0.3, 0.4) is 0 Å². The fraction of sp³-hybridized carbons (Fsp3) is 0.167. The van der Waals surface area contributed by atoms with E-state index in [0.717, 1.165) is 18.2 Å². The van der Waals surface area contributed by atoms with Crippen LogP contribution in [0.5, 0.6) is 0 Å². The normalized spacial score (nSPS) is 12.3. The van der Waals surface area contributed by atoms with Crippen molar-refractivity contribution in [3.05, 3.63) is 83.2 Å². The minimum atomic E-state index is -1.38. The second kappa shape index (κ2) is 10.8. The van der Waals surface area contributed by atoms with Crippen molar-refractivity contribution in [3.63, 3.8) is 0 Å². The Labute approximate surface area is 214 Å². The van der Waals surface area contributed by atoms with E-state index in [1.54, 1.807) is 13.0 Å². The molecular formula is C24H20F3N9O2. The van der Waals surface area contributed by atoms with Crippen LogP contribution in [0.4, 0.5) is 35.3 Å². The Hall–Kier alpha value is -5.19. The number of benzene rings is 1. The number of carboxylic acid groups (broad SMARTS) is 1. The summed E-state index contributed by atoms with van der Waals surface area (Å²) < 4.78 is 42.5. The topological polar surface area (TPSA) is 154 Å². The zero-order chi connectivity index (χ0) is 27.4. The van der Waals surface area contributed by atoms with Crippen LogP contribution in [0, 0.1) is 35.7 Å². The van der Waals surface area contributed by atoms with Crippen molar-refractivity contribution < 1.29 is 23.1 Å². The first-order chi connectivity index (χ1) is 18.2. The lowest BCUT2D eigenvalue weighted by Crippen LogP contribution is -2.39. The van der Waals surface area contributed by atoms with Gasteiger partial charge in [-0.25, -0.2) is 22.9 Å². The van der Waals surface area contributed by atoms with E-state index in [4.69, 9.17) is 5.11 Å². The number of rotatable bonds is 8. The average Bonchev–Trinajstić information content (AvgIpc) is 3.41. The summed E-state index contributed by atoms with van der Waals surface area (Å²) in [5.41, 5.74) is 1.56. The SMILES string of the molecule is Cc1ncc(Nc2nc(N[C@H](c3ccc(F)c(F)c3)[C@H](C)NC(=O)O)c(F)cc2C#N)cc1-n1nccn1. The predicted octanol–water partition coefficient (Wildman–Crippen LogP) is 4.21. The molecule has 1 amide bonds. The second-order valence-electron chi connectivity index (χ2n) is 8.13. The van der Waals surface area contributed by atoms with Crippen molar-refractivity contribution in [2.75, 3.05) is 10.6 Å². The summed E-state index contributed by atoms with van der Waals surface area (Å²) in [5.74, 6) is -3.59. The van der Waals surface area contributed by atoms with Gasteiger partial charge in [-0.1, -0.05) is 6.07 Å². The van der Waals surface area contributed by atoms with Gasteiger partial charge in [-0.2, -0.15) is 15.5 Å². The van der Waals surface area contributed by atoms with Gasteiger partial charge in [0.25, 0.3) is 0 Å². The molecule has 0 aliphatic heterocycles. The third kappa shape index (κ3) is 5.62. The summed E-state index contributed by atoms with van der Waals surface area (Å²) in [5, 5.41) is 34.8. The molecule has 0 aliphatic rings. The first-order valence-electron chi connectivity index (χ1n) is 11.1. The van der Waals surface area contributed by atoms with E-state index in [1.807, 2.05) is 6.07 Å². The molecule has 0 unspecified atom stereocenters. The monoisotopic (exact) mass is 523 g/mol. The Bertz CT molecular complexity index is 1520. The predicted molar refractivity (Wildman–Crippen MR) is 129 cm³/mol. The van der Waals surface area contributed by atoms with E-state index in [-0.39, 0.29) is 22.8 Å². The number of amides is 1. The fourth-order valence-electron chi connectivity index (χ4n) is 3.67. The molecule has 4 aromatic rings. The molecule has 0 saturated heterocycles. The molecule has 1 aromatic carbocycles. The van der Waals surface area contributed by atoms with Crippen LogP contribution in [0.2, 0.25) is 0 Å². The minimum absolute atomic E-state index is 0.0377. The zero-order valence-electron chi connectivity index (χ0n) is 19.9. The quantitative estimate of drug-likeness (QED) is 0.266. The van der Waals surface area contributed by atoms with Crippen molar-refractivity contribution in [1.82, 2.24) is 30.3 Å². The fourth-order valence-corrected chi connectivity index (χ4v) is 3.67. The molecule has 0 spiro atoms. The number of carbonyl (C=O) groups is 1. The van der Waals surface area contributed by atoms with Crippen molar-refractivity contribution >= 4 is 23.4 Å². The van der Waals surface area contributed by atoms with Gasteiger partial charge in [0.15, 0.2) is 29.1 Å². The number of nitriles is 1. The lowest BCUT2D eigenvalue weighted by Gasteiger charge is -2.26. The number of hydrogen-bond donors (Lipinski definition) is 4. The Morgan fingerprint density at radius 3 is 2.47 bits per heavy atom. The smallest absolute Gasteiger partial charge is 0.404 e. The number of nitrogens with one attached hydrogen (secondary N) is 3. The molecule has 4 rings (SSSR count). The van der Waals surface area contributed by atoms with Crippen LogP contribution in [0.25, 0.3) is 5.69 Å². The van der Waals surface area contributed by atoms with Gasteiger partial charge >= 0.3 is 6.09 Å². The number of pyridine rings is 2. The second-order valence-corrected chi connectivity index (χ2v) is 8.13. The van der Waals surface area contributed by atoms with Gasteiger partial charge in [-0.15, -0.1) is 4.80 Å². The molecule has 194 valence electrons. The first-order valence-corrected chi connectivity index (χ1v) is 11.1. The van der Waals surface area contributed by atoms with Crippen LogP contribution in [-0.2, 0) is 0 Å². The highest BCUT2D eigenvalue weighted by Crippen LogP contribution is 2.29. The summed E-state index contributed by atoms with van der Waals surface area (Å²) in [6, 6.07) is 5.44. The van der Waals surface area contributed by atoms with Crippen LogP contribution in [0.1, 0.15) is 29.8 Å². The van der Waals surface area contributed by atoms with Gasteiger partial charge in [0.1, 0.15) is 11.8 Å². The maximum Gasteiger partial charge on any atom is 0.404 e. The van der Waals surface area contributed by atoms with Gasteiger partial charge < -0.3 is 21.1 Å². The summed E-state index contributed by atoms with van der Waals surface area (Å²) in [6.07, 6.45) is 3.09. The molecule has 0 aliphatic carbocycles. The molecule has 3 aromatic heterocycles. The van der Waals surface area contributed by atoms with Gasteiger partial charge in [0.05, 0.1) is 47.6 Å². The molecular weight excluding hydrogens is 503 g/mol. The van der Waals surface area contributed by atoms with Gasteiger partial charge in [0.2, 0.25) is 0 Å². The van der Waals surface area contributed by atoms with Crippen LogP contribution in [0.15, 0.2) is 48.9 Å². The summed E-state index contributed by atoms with van der Waals surface area (Å²) >= 11 is 0. The van der Waals surface area contributed by atoms with E-state index in [1.165, 1.54) is 36.4 Å². The van der Waals surface area contributed by atoms with Crippen molar-refractivity contribution in [3.8, 4) is 11.8 Å². The molecule has 0 bridgehead atoms. The molecule has 38 heavy (non-hydrogen) atoms. The number of aromatic nitrogens is 5. The number of halogens is 3. The van der Waals surface area contributed by atoms with Gasteiger partial charge in [0, 0.05) is 0 Å². The highest BCUT2D eigenvalue weighted by molar-refractivity contribution is 5.67. The van der Waals surface area contributed by atoms with Crippen LogP contribution >= 0.6 is 0 Å². The summed E-state index contributed by atoms with van der Waals surface area (Å²) in [7, 11) is 0. The van der Waals surface area contributed by atoms with E-state index < -0.39 is 35.6 Å². The Morgan fingerprint density at radius 2 is 1.82 bits per heavy atom. The third-order valence-corrected chi connectivity index (χ3v) is 5.50. The molecule has 0 radical (unpaired) electrons. The van der Waals surface area contributed by atoms with E-state index in [2.05, 4.69) is 36.1 Å². The van der Waals surface area contributed by atoms with Crippen molar-refractivity contribution in [1.29, 1.82) is 5.26 Å². The van der Waals surface area contributed by atoms with Crippen molar-refractivity contribution in [2.24, 2.45) is 0 Å². The summed E-state index contributed by atoms with van der Waals surface area (Å²) in [4.78, 5) is 21.1. The molecule has 11 nitrogen and oxygen atoms in total. The Kier molecular flexibility index (Phi) is 7.38.